The monoisotopic (exact) mass is 414 g/mol. The number of methoxy groups -OCH3 is 1. The number of hydrogen-bond acceptors (Lipinski definition) is 3. The minimum Gasteiger partial charge on any atom is -0.496 e. The summed E-state index contributed by atoms with van der Waals surface area (Å²) in [6.45, 7) is 0. The Morgan fingerprint density at radius 2 is 1.60 bits per heavy atom. The van der Waals surface area contributed by atoms with E-state index in [1.54, 1.807) is 31.4 Å². The normalized spacial score (nSPS) is 10.5. The first-order valence-corrected chi connectivity index (χ1v) is 9.79. The highest BCUT2D eigenvalue weighted by Crippen LogP contribution is 2.30. The molecule has 0 aliphatic rings. The fraction of sp³-hybridized carbons (Fsp3) is 0.0400. The van der Waals surface area contributed by atoms with Crippen LogP contribution in [0.3, 0.4) is 0 Å². The quantitative estimate of drug-likeness (QED) is 0.415. The van der Waals surface area contributed by atoms with Gasteiger partial charge in [0, 0.05) is 27.4 Å². The van der Waals surface area contributed by atoms with Crippen LogP contribution < -0.4 is 10.1 Å². The lowest BCUT2D eigenvalue weighted by Crippen LogP contribution is -2.11. The van der Waals surface area contributed by atoms with Gasteiger partial charge < -0.3 is 10.1 Å². The van der Waals surface area contributed by atoms with Gasteiger partial charge in [-0.15, -0.1) is 0 Å². The highest BCUT2D eigenvalue weighted by molar-refractivity contribution is 6.30. The summed E-state index contributed by atoms with van der Waals surface area (Å²) >= 11 is 5.89. The number of carbonyl (C=O) groups is 1. The first-order valence-electron chi connectivity index (χ1n) is 9.42. The maximum absolute atomic E-state index is 12.5. The molecular weight excluding hydrogens is 396 g/mol. The van der Waals surface area contributed by atoms with E-state index in [4.69, 9.17) is 21.3 Å². The van der Waals surface area contributed by atoms with Crippen LogP contribution >= 0.6 is 11.6 Å². The summed E-state index contributed by atoms with van der Waals surface area (Å²) in [7, 11) is 1.65. The summed E-state index contributed by atoms with van der Waals surface area (Å²) in [5.74, 6) is 0.575. The van der Waals surface area contributed by atoms with Crippen molar-refractivity contribution in [1.29, 1.82) is 0 Å². The number of nitrogens with zero attached hydrogens (tertiary/aromatic N) is 1. The second-order valence-corrected chi connectivity index (χ2v) is 7.09. The number of amides is 1. The molecular formula is C25H19ClN2O2. The lowest BCUT2D eigenvalue weighted by atomic mass is 10.1. The Morgan fingerprint density at radius 3 is 2.40 bits per heavy atom. The van der Waals surface area contributed by atoms with E-state index >= 15 is 0 Å². The molecule has 30 heavy (non-hydrogen) atoms. The zero-order valence-electron chi connectivity index (χ0n) is 16.3. The van der Waals surface area contributed by atoms with E-state index in [0.29, 0.717) is 16.3 Å². The van der Waals surface area contributed by atoms with Crippen molar-refractivity contribution in [3.63, 3.8) is 0 Å². The van der Waals surface area contributed by atoms with Crippen LogP contribution in [0.25, 0.3) is 22.5 Å². The molecule has 0 radical (unpaired) electrons. The number of rotatable bonds is 5. The van der Waals surface area contributed by atoms with Crippen LogP contribution in [0.15, 0.2) is 91.0 Å². The molecule has 1 N–H and O–H groups in total. The predicted octanol–water partition coefficient (Wildman–Crippen LogP) is 6.33. The second-order valence-electron chi connectivity index (χ2n) is 6.65. The smallest absolute Gasteiger partial charge is 0.255 e. The molecule has 1 aromatic heterocycles. The van der Waals surface area contributed by atoms with Crippen molar-refractivity contribution in [3.8, 4) is 28.3 Å². The number of anilines is 1. The number of nitrogens with one attached hydrogen (secondary N) is 1. The van der Waals surface area contributed by atoms with E-state index < -0.39 is 0 Å². The van der Waals surface area contributed by atoms with Gasteiger partial charge in [0.25, 0.3) is 5.91 Å². The summed E-state index contributed by atoms with van der Waals surface area (Å²) in [4.78, 5) is 17.3. The van der Waals surface area contributed by atoms with E-state index in [1.807, 2.05) is 66.7 Å². The summed E-state index contributed by atoms with van der Waals surface area (Å²) in [6.07, 6.45) is 0. The number of para-hydroxylation sites is 1. The first kappa shape index (κ1) is 19.7. The maximum Gasteiger partial charge on any atom is 0.255 e. The maximum atomic E-state index is 12.5. The molecule has 4 nitrogen and oxygen atoms in total. The molecule has 1 amide bonds. The molecule has 1 heterocycles. The highest BCUT2D eigenvalue weighted by Gasteiger charge is 2.10. The first-order chi connectivity index (χ1) is 14.6. The molecule has 0 spiro atoms. The Balaban J connectivity index is 1.61. The van der Waals surface area contributed by atoms with Crippen LogP contribution in [0.5, 0.6) is 5.75 Å². The Morgan fingerprint density at radius 1 is 0.867 bits per heavy atom. The van der Waals surface area contributed by atoms with Crippen LogP contribution in [0.2, 0.25) is 5.02 Å². The predicted molar refractivity (Wildman–Crippen MR) is 121 cm³/mol. The zero-order chi connectivity index (χ0) is 20.9. The van der Waals surface area contributed by atoms with Gasteiger partial charge in [0.15, 0.2) is 0 Å². The van der Waals surface area contributed by atoms with Crippen molar-refractivity contribution in [1.82, 2.24) is 4.98 Å². The number of hydrogen-bond donors (Lipinski definition) is 1. The third-order valence-electron chi connectivity index (χ3n) is 4.65. The van der Waals surface area contributed by atoms with Crippen LogP contribution in [-0.4, -0.2) is 18.0 Å². The molecule has 0 aliphatic heterocycles. The van der Waals surface area contributed by atoms with Crippen LogP contribution in [0.4, 0.5) is 5.69 Å². The molecule has 4 aromatic rings. The van der Waals surface area contributed by atoms with Gasteiger partial charge in [0.2, 0.25) is 0 Å². The summed E-state index contributed by atoms with van der Waals surface area (Å²) in [6, 6.07) is 28.0. The molecule has 4 rings (SSSR count). The van der Waals surface area contributed by atoms with Gasteiger partial charge in [-0.3, -0.25) is 4.79 Å². The number of halogens is 1. The highest BCUT2D eigenvalue weighted by atomic mass is 35.5. The summed E-state index contributed by atoms with van der Waals surface area (Å²) in [5, 5.41) is 3.51. The summed E-state index contributed by atoms with van der Waals surface area (Å²) < 4.78 is 5.46. The van der Waals surface area contributed by atoms with Gasteiger partial charge >= 0.3 is 0 Å². The Hall–Kier alpha value is -3.63. The Labute approximate surface area is 180 Å². The topological polar surface area (TPSA) is 51.2 Å². The minimum absolute atomic E-state index is 0.195. The second kappa shape index (κ2) is 8.80. The molecule has 0 aliphatic carbocycles. The van der Waals surface area contributed by atoms with Gasteiger partial charge in [0.1, 0.15) is 5.75 Å². The fourth-order valence-corrected chi connectivity index (χ4v) is 3.29. The van der Waals surface area contributed by atoms with E-state index in [1.165, 1.54) is 0 Å². The molecule has 0 fully saturated rings. The lowest BCUT2D eigenvalue weighted by Gasteiger charge is -2.10. The lowest BCUT2D eigenvalue weighted by molar-refractivity contribution is 0.102. The largest absolute Gasteiger partial charge is 0.496 e. The minimum atomic E-state index is -0.195. The number of carbonyl (C=O) groups excluding carboxylic acids is 1. The van der Waals surface area contributed by atoms with Gasteiger partial charge in [0.05, 0.1) is 18.5 Å². The SMILES string of the molecule is COc1ccccc1-c1cccc(-c2cccc(NC(=O)c3ccc(Cl)cc3)c2)n1. The molecule has 0 saturated heterocycles. The van der Waals surface area contributed by atoms with Crippen LogP contribution in [0, 0.1) is 0 Å². The number of aromatic nitrogens is 1. The molecule has 0 saturated carbocycles. The summed E-state index contributed by atoms with van der Waals surface area (Å²) in [5.41, 5.74) is 4.69. The third-order valence-corrected chi connectivity index (χ3v) is 4.91. The fourth-order valence-electron chi connectivity index (χ4n) is 3.16. The zero-order valence-corrected chi connectivity index (χ0v) is 17.1. The molecule has 0 bridgehead atoms. The van der Waals surface area contributed by atoms with Crippen molar-refractivity contribution in [2.24, 2.45) is 0 Å². The molecule has 148 valence electrons. The van der Waals surface area contributed by atoms with Crippen molar-refractivity contribution in [3.05, 3.63) is 102 Å². The Kier molecular flexibility index (Phi) is 5.77. The number of benzene rings is 3. The molecule has 3 aromatic carbocycles. The molecule has 0 atom stereocenters. The van der Waals surface area contributed by atoms with E-state index in [-0.39, 0.29) is 5.91 Å². The van der Waals surface area contributed by atoms with Crippen LogP contribution in [0.1, 0.15) is 10.4 Å². The van der Waals surface area contributed by atoms with Gasteiger partial charge in [-0.2, -0.15) is 0 Å². The van der Waals surface area contributed by atoms with Crippen molar-refractivity contribution in [2.45, 2.75) is 0 Å². The van der Waals surface area contributed by atoms with Gasteiger partial charge in [-0.05, 0) is 60.7 Å². The average Bonchev–Trinajstić information content (AvgIpc) is 2.79. The van der Waals surface area contributed by atoms with Gasteiger partial charge in [-0.25, -0.2) is 4.98 Å². The Bertz CT molecular complexity index is 1190. The number of ether oxygens (including phenoxy) is 1. The van der Waals surface area contributed by atoms with Crippen molar-refractivity contribution in [2.75, 3.05) is 12.4 Å². The molecule has 5 heteroatoms. The standard InChI is InChI=1S/C25H19ClN2O2/c1-30-24-11-3-2-8-21(24)23-10-5-9-22(28-23)18-6-4-7-20(16-18)27-25(29)17-12-14-19(26)15-13-17/h2-16H,1H3,(H,27,29). The van der Waals surface area contributed by atoms with Crippen molar-refractivity contribution < 1.29 is 9.53 Å². The van der Waals surface area contributed by atoms with Crippen LogP contribution in [-0.2, 0) is 0 Å². The van der Waals surface area contributed by atoms with E-state index in [2.05, 4.69) is 5.32 Å². The van der Waals surface area contributed by atoms with Crippen molar-refractivity contribution >= 4 is 23.2 Å². The number of pyridine rings is 1. The van der Waals surface area contributed by atoms with E-state index in [0.717, 1.165) is 28.3 Å². The average molecular weight is 415 g/mol. The third kappa shape index (κ3) is 4.34. The molecule has 0 unspecified atom stereocenters. The van der Waals surface area contributed by atoms with Gasteiger partial charge in [-0.1, -0.05) is 41.9 Å². The van der Waals surface area contributed by atoms with E-state index in [9.17, 15) is 4.79 Å².